The Bertz CT molecular complexity index is 577. The maximum atomic E-state index is 12.5. The van der Waals surface area contributed by atoms with Gasteiger partial charge in [0.2, 0.25) is 11.8 Å². The number of benzene rings is 1. The van der Waals surface area contributed by atoms with Gasteiger partial charge in [-0.2, -0.15) is 0 Å². The molecule has 0 unspecified atom stereocenters. The van der Waals surface area contributed by atoms with E-state index in [0.29, 0.717) is 30.2 Å². The van der Waals surface area contributed by atoms with Crippen molar-refractivity contribution < 1.29 is 14.3 Å². The number of nitrogens with zero attached hydrogens (tertiary/aromatic N) is 1. The molecule has 1 N–H and O–H groups in total. The largest absolute Gasteiger partial charge is 0.496 e. The highest BCUT2D eigenvalue weighted by molar-refractivity contribution is 6.31. The van der Waals surface area contributed by atoms with Crippen LogP contribution >= 0.6 is 11.6 Å². The van der Waals surface area contributed by atoms with Gasteiger partial charge in [-0.15, -0.1) is 0 Å². The molecular formula is C17H23ClN2O3. The zero-order chi connectivity index (χ0) is 16.8. The Kier molecular flexibility index (Phi) is 6.28. The second-order valence-electron chi connectivity index (χ2n) is 5.63. The van der Waals surface area contributed by atoms with Gasteiger partial charge in [-0.05, 0) is 31.4 Å². The average Bonchev–Trinajstić information content (AvgIpc) is 3.03. The first kappa shape index (κ1) is 17.6. The average molecular weight is 339 g/mol. The zero-order valence-electron chi connectivity index (χ0n) is 13.6. The number of hydrogen-bond donors (Lipinski definition) is 1. The number of halogens is 1. The Labute approximate surface area is 141 Å². The molecule has 1 aromatic rings. The molecule has 5 nitrogen and oxygen atoms in total. The molecule has 1 aromatic carbocycles. The lowest BCUT2D eigenvalue weighted by atomic mass is 10.1. The molecule has 23 heavy (non-hydrogen) atoms. The fourth-order valence-corrected chi connectivity index (χ4v) is 3.12. The SMILES string of the molecule is CCCC(=O)N1CCC[C@@H]1C(=O)NCc1c(Cl)cccc1OC. The molecule has 0 bridgehead atoms. The van der Waals surface area contributed by atoms with Gasteiger partial charge in [0.25, 0.3) is 0 Å². The van der Waals surface area contributed by atoms with Crippen molar-refractivity contribution in [2.24, 2.45) is 0 Å². The van der Waals surface area contributed by atoms with E-state index in [-0.39, 0.29) is 24.4 Å². The topological polar surface area (TPSA) is 58.6 Å². The van der Waals surface area contributed by atoms with Crippen LogP contribution in [0.2, 0.25) is 5.02 Å². The second kappa shape index (κ2) is 8.20. The van der Waals surface area contributed by atoms with Gasteiger partial charge < -0.3 is 15.0 Å². The van der Waals surface area contributed by atoms with Gasteiger partial charge >= 0.3 is 0 Å². The van der Waals surface area contributed by atoms with Crippen LogP contribution in [0.25, 0.3) is 0 Å². The molecule has 1 atom stereocenters. The highest BCUT2D eigenvalue weighted by Crippen LogP contribution is 2.26. The van der Waals surface area contributed by atoms with Crippen molar-refractivity contribution in [3.63, 3.8) is 0 Å². The number of carbonyl (C=O) groups is 2. The van der Waals surface area contributed by atoms with Gasteiger partial charge in [-0.1, -0.05) is 24.6 Å². The molecule has 1 aliphatic rings. The van der Waals surface area contributed by atoms with Gasteiger partial charge in [0.1, 0.15) is 11.8 Å². The molecule has 1 saturated heterocycles. The number of hydrogen-bond acceptors (Lipinski definition) is 3. The summed E-state index contributed by atoms with van der Waals surface area (Å²) in [5, 5.41) is 3.44. The first-order valence-corrected chi connectivity index (χ1v) is 8.34. The van der Waals surface area contributed by atoms with Crippen molar-refractivity contribution in [1.29, 1.82) is 0 Å². The fraction of sp³-hybridized carbons (Fsp3) is 0.529. The number of ether oxygens (including phenoxy) is 1. The van der Waals surface area contributed by atoms with Crippen molar-refractivity contribution in [2.45, 2.75) is 45.2 Å². The number of nitrogens with one attached hydrogen (secondary N) is 1. The Balaban J connectivity index is 2.01. The van der Waals surface area contributed by atoms with Crippen molar-refractivity contribution in [3.05, 3.63) is 28.8 Å². The molecule has 126 valence electrons. The van der Waals surface area contributed by atoms with Gasteiger partial charge in [0, 0.05) is 30.1 Å². The summed E-state index contributed by atoms with van der Waals surface area (Å²) in [5.74, 6) is 0.567. The molecule has 0 aliphatic carbocycles. The molecule has 0 saturated carbocycles. The van der Waals surface area contributed by atoms with E-state index in [1.54, 1.807) is 30.2 Å². The zero-order valence-corrected chi connectivity index (χ0v) is 14.4. The Morgan fingerprint density at radius 2 is 2.22 bits per heavy atom. The van der Waals surface area contributed by atoms with E-state index >= 15 is 0 Å². The summed E-state index contributed by atoms with van der Waals surface area (Å²) in [7, 11) is 1.57. The molecule has 0 radical (unpaired) electrons. The fourth-order valence-electron chi connectivity index (χ4n) is 2.89. The maximum absolute atomic E-state index is 12.5. The van der Waals surface area contributed by atoms with Gasteiger partial charge in [-0.25, -0.2) is 0 Å². The lowest BCUT2D eigenvalue weighted by Gasteiger charge is -2.24. The molecule has 2 amide bonds. The maximum Gasteiger partial charge on any atom is 0.243 e. The molecular weight excluding hydrogens is 316 g/mol. The minimum Gasteiger partial charge on any atom is -0.496 e. The first-order valence-electron chi connectivity index (χ1n) is 7.97. The van der Waals surface area contributed by atoms with Crippen LogP contribution in [-0.2, 0) is 16.1 Å². The number of amides is 2. The summed E-state index contributed by atoms with van der Waals surface area (Å²) in [6.07, 6.45) is 2.85. The Morgan fingerprint density at radius 3 is 2.91 bits per heavy atom. The third-order valence-corrected chi connectivity index (χ3v) is 4.43. The second-order valence-corrected chi connectivity index (χ2v) is 6.04. The molecule has 1 fully saturated rings. The molecule has 0 spiro atoms. The monoisotopic (exact) mass is 338 g/mol. The van der Waals surface area contributed by atoms with Crippen LogP contribution in [0.5, 0.6) is 5.75 Å². The van der Waals surface area contributed by atoms with Crippen LogP contribution in [-0.4, -0.2) is 36.4 Å². The van der Waals surface area contributed by atoms with Crippen LogP contribution in [0.4, 0.5) is 0 Å². The van der Waals surface area contributed by atoms with Crippen LogP contribution in [0, 0.1) is 0 Å². The smallest absolute Gasteiger partial charge is 0.243 e. The predicted molar refractivity (Wildman–Crippen MR) is 89.5 cm³/mol. The Morgan fingerprint density at radius 1 is 1.43 bits per heavy atom. The van der Waals surface area contributed by atoms with Crippen molar-refractivity contribution >= 4 is 23.4 Å². The van der Waals surface area contributed by atoms with E-state index in [0.717, 1.165) is 18.4 Å². The molecule has 1 heterocycles. The van der Waals surface area contributed by atoms with E-state index in [9.17, 15) is 9.59 Å². The summed E-state index contributed by atoms with van der Waals surface area (Å²) in [4.78, 5) is 26.3. The number of carbonyl (C=O) groups excluding carboxylic acids is 2. The van der Waals surface area contributed by atoms with Crippen LogP contribution < -0.4 is 10.1 Å². The third-order valence-electron chi connectivity index (χ3n) is 4.07. The number of likely N-dealkylation sites (tertiary alicyclic amines) is 1. The van der Waals surface area contributed by atoms with Gasteiger partial charge in [-0.3, -0.25) is 9.59 Å². The lowest BCUT2D eigenvalue weighted by molar-refractivity contribution is -0.138. The first-order chi connectivity index (χ1) is 11.1. The molecule has 1 aliphatic heterocycles. The highest BCUT2D eigenvalue weighted by Gasteiger charge is 2.33. The summed E-state index contributed by atoms with van der Waals surface area (Å²) >= 11 is 6.18. The molecule has 2 rings (SSSR count). The predicted octanol–water partition coefficient (Wildman–Crippen LogP) is 2.76. The molecule has 6 heteroatoms. The van der Waals surface area contributed by atoms with Crippen LogP contribution in [0.15, 0.2) is 18.2 Å². The Hall–Kier alpha value is -1.75. The van der Waals surface area contributed by atoms with Crippen molar-refractivity contribution in [1.82, 2.24) is 10.2 Å². The van der Waals surface area contributed by atoms with Crippen LogP contribution in [0.3, 0.4) is 0 Å². The molecule has 0 aromatic heterocycles. The quantitative estimate of drug-likeness (QED) is 0.867. The third kappa shape index (κ3) is 4.16. The summed E-state index contributed by atoms with van der Waals surface area (Å²) in [5.41, 5.74) is 0.745. The minimum absolute atomic E-state index is 0.0560. The summed E-state index contributed by atoms with van der Waals surface area (Å²) < 4.78 is 5.27. The minimum atomic E-state index is -0.373. The van der Waals surface area contributed by atoms with E-state index in [4.69, 9.17) is 16.3 Å². The highest BCUT2D eigenvalue weighted by atomic mass is 35.5. The number of methoxy groups -OCH3 is 1. The van der Waals surface area contributed by atoms with E-state index in [1.165, 1.54) is 0 Å². The van der Waals surface area contributed by atoms with E-state index in [2.05, 4.69) is 5.32 Å². The van der Waals surface area contributed by atoms with E-state index < -0.39 is 0 Å². The lowest BCUT2D eigenvalue weighted by Crippen LogP contribution is -2.45. The van der Waals surface area contributed by atoms with Gasteiger partial charge in [0.15, 0.2) is 0 Å². The number of rotatable bonds is 6. The van der Waals surface area contributed by atoms with E-state index in [1.807, 2.05) is 6.92 Å². The standard InChI is InChI=1S/C17H23ClN2O3/c1-3-6-16(21)20-10-5-8-14(20)17(22)19-11-12-13(18)7-4-9-15(12)23-2/h4,7,9,14H,3,5-6,8,10-11H2,1-2H3,(H,19,22)/t14-/m1/s1. The normalized spacial score (nSPS) is 17.2. The van der Waals surface area contributed by atoms with Crippen LogP contribution in [0.1, 0.15) is 38.2 Å². The summed E-state index contributed by atoms with van der Waals surface area (Å²) in [6.45, 7) is 2.91. The van der Waals surface area contributed by atoms with Crippen molar-refractivity contribution in [2.75, 3.05) is 13.7 Å². The summed E-state index contributed by atoms with van der Waals surface area (Å²) in [6, 6.07) is 5.00. The van der Waals surface area contributed by atoms with Gasteiger partial charge in [0.05, 0.1) is 7.11 Å². The van der Waals surface area contributed by atoms with Crippen molar-refractivity contribution in [3.8, 4) is 5.75 Å².